The first-order chi connectivity index (χ1) is 28.6. The highest BCUT2D eigenvalue weighted by molar-refractivity contribution is 6.32. The van der Waals surface area contributed by atoms with E-state index in [0.717, 1.165) is 108 Å². The van der Waals surface area contributed by atoms with Crippen molar-refractivity contribution in [2.24, 2.45) is 10.8 Å². The van der Waals surface area contributed by atoms with Crippen molar-refractivity contribution in [3.63, 3.8) is 0 Å². The highest BCUT2D eigenvalue weighted by Gasteiger charge is 2.45. The predicted octanol–water partition coefficient (Wildman–Crippen LogP) is 7.53. The van der Waals surface area contributed by atoms with Crippen LogP contribution in [-0.2, 0) is 4.79 Å². The number of piperazine rings is 1. The minimum atomic E-state index is -0.346. The third-order valence-corrected chi connectivity index (χ3v) is 15.3. The van der Waals surface area contributed by atoms with Crippen molar-refractivity contribution in [3.05, 3.63) is 82.9 Å². The summed E-state index contributed by atoms with van der Waals surface area (Å²) in [7, 11) is 0. The lowest BCUT2D eigenvalue weighted by Gasteiger charge is -2.49. The van der Waals surface area contributed by atoms with Gasteiger partial charge in [-0.3, -0.25) is 24.7 Å². The van der Waals surface area contributed by atoms with Gasteiger partial charge in [0.25, 0.3) is 5.91 Å². The lowest BCUT2D eigenvalue weighted by Crippen LogP contribution is -2.53. The van der Waals surface area contributed by atoms with Crippen LogP contribution in [0.5, 0.6) is 0 Å². The zero-order valence-electron chi connectivity index (χ0n) is 34.4. The highest BCUT2D eigenvalue weighted by atomic mass is 35.5. The van der Waals surface area contributed by atoms with E-state index in [1.165, 1.54) is 37.1 Å². The van der Waals surface area contributed by atoms with Crippen molar-refractivity contribution in [1.82, 2.24) is 15.1 Å². The standard InChI is InChI=1S/C47H57ClN8O3/c1-34-31-47(33-56(34)41-7-4-36(32-49)42(48)30-41)19-22-51(23-20-47)37-5-2-35(3-6-37)44(58)54-24-17-46(18-25-54)15-12-39(13-16-46)53-28-26-52(27-29-53)38-8-10-40(11-9-38)55-21-14-43(57)50-45(55)59/h2-11,30,34,39H,12-29,31,33H2,1H3,(H,50,57,59). The lowest BCUT2D eigenvalue weighted by molar-refractivity contribution is -0.120. The van der Waals surface area contributed by atoms with E-state index in [0.29, 0.717) is 41.1 Å². The molecule has 5 saturated heterocycles. The van der Waals surface area contributed by atoms with Crippen LogP contribution in [0.1, 0.15) is 87.1 Å². The van der Waals surface area contributed by atoms with Crippen molar-refractivity contribution in [2.75, 3.05) is 85.0 Å². The Bertz CT molecular complexity index is 2070. The smallest absolute Gasteiger partial charge is 0.328 e. The van der Waals surface area contributed by atoms with Gasteiger partial charge in [-0.2, -0.15) is 5.26 Å². The minimum absolute atomic E-state index is 0.168. The third-order valence-electron chi connectivity index (χ3n) is 15.0. The molecule has 3 aromatic rings. The van der Waals surface area contributed by atoms with Crippen LogP contribution < -0.4 is 24.9 Å². The van der Waals surface area contributed by atoms with Gasteiger partial charge in [-0.25, -0.2) is 4.79 Å². The number of amides is 4. The number of carbonyl (C=O) groups excluding carboxylic acids is 3. The summed E-state index contributed by atoms with van der Waals surface area (Å²) in [5, 5.41) is 12.2. The highest BCUT2D eigenvalue weighted by Crippen LogP contribution is 2.47. The molecule has 11 nitrogen and oxygen atoms in total. The van der Waals surface area contributed by atoms with Gasteiger partial charge in [0, 0.05) is 112 Å². The van der Waals surface area contributed by atoms with Crippen LogP contribution in [0, 0.1) is 22.2 Å². The number of urea groups is 1. The SMILES string of the molecule is CC1CC2(CCN(c3ccc(C(=O)N4CCC5(CCC(N6CCN(c7ccc(N8CCC(=O)NC8=O)cc7)CC6)CC5)CC4)cc3)CC2)CN1c1ccc(C#N)c(Cl)c1. The van der Waals surface area contributed by atoms with Crippen molar-refractivity contribution in [1.29, 1.82) is 5.26 Å². The molecule has 1 aliphatic carbocycles. The number of nitrogens with one attached hydrogen (secondary N) is 1. The average molecular weight is 817 g/mol. The second-order valence-electron chi connectivity index (χ2n) is 18.3. The van der Waals surface area contributed by atoms with Gasteiger partial charge in [0.05, 0.1) is 10.6 Å². The molecule has 5 heterocycles. The number of carbonyl (C=O) groups is 3. The largest absolute Gasteiger partial charge is 0.371 e. The monoisotopic (exact) mass is 816 g/mol. The molecule has 0 radical (unpaired) electrons. The Morgan fingerprint density at radius 1 is 0.729 bits per heavy atom. The van der Waals surface area contributed by atoms with E-state index >= 15 is 0 Å². The van der Waals surface area contributed by atoms with E-state index in [9.17, 15) is 19.6 Å². The molecule has 0 aromatic heterocycles. The zero-order chi connectivity index (χ0) is 40.7. The number of halogens is 1. The van der Waals surface area contributed by atoms with Gasteiger partial charge < -0.3 is 19.6 Å². The van der Waals surface area contributed by atoms with Crippen molar-refractivity contribution in [3.8, 4) is 6.07 Å². The predicted molar refractivity (Wildman–Crippen MR) is 233 cm³/mol. The summed E-state index contributed by atoms with van der Waals surface area (Å²) in [5.74, 6) is -0.0461. The molecule has 12 heteroatoms. The summed E-state index contributed by atoms with van der Waals surface area (Å²) >= 11 is 6.40. The molecule has 6 fully saturated rings. The molecule has 3 aromatic carbocycles. The Balaban J connectivity index is 0.706. The summed E-state index contributed by atoms with van der Waals surface area (Å²) < 4.78 is 0. The number of imide groups is 1. The molecule has 2 spiro atoms. The average Bonchev–Trinajstić information content (AvgIpc) is 3.59. The zero-order valence-corrected chi connectivity index (χ0v) is 35.1. The Labute approximate surface area is 353 Å². The molecule has 4 amide bonds. The van der Waals surface area contributed by atoms with Crippen LogP contribution in [0.4, 0.5) is 27.5 Å². The molecule has 1 N–H and O–H groups in total. The first kappa shape index (κ1) is 39.7. The molecule has 1 saturated carbocycles. The van der Waals surface area contributed by atoms with Crippen LogP contribution in [-0.4, -0.2) is 105 Å². The van der Waals surface area contributed by atoms with Crippen LogP contribution >= 0.6 is 11.6 Å². The van der Waals surface area contributed by atoms with E-state index in [2.05, 4.69) is 67.1 Å². The first-order valence-corrected chi connectivity index (χ1v) is 22.3. The molecule has 1 unspecified atom stereocenters. The minimum Gasteiger partial charge on any atom is -0.371 e. The molecule has 0 bridgehead atoms. The number of rotatable bonds is 6. The summed E-state index contributed by atoms with van der Waals surface area (Å²) in [6.07, 6.45) is 11.0. The Morgan fingerprint density at radius 3 is 1.95 bits per heavy atom. The van der Waals surface area contributed by atoms with Gasteiger partial charge in [-0.05, 0) is 142 Å². The number of anilines is 4. The molecule has 6 aliphatic rings. The van der Waals surface area contributed by atoms with Gasteiger partial charge in [0.15, 0.2) is 0 Å². The third kappa shape index (κ3) is 8.11. The maximum absolute atomic E-state index is 13.7. The van der Waals surface area contributed by atoms with Crippen molar-refractivity contribution in [2.45, 2.75) is 83.2 Å². The topological polar surface area (TPSA) is 106 Å². The van der Waals surface area contributed by atoms with Gasteiger partial charge in [-0.1, -0.05) is 11.6 Å². The molecule has 9 rings (SSSR count). The number of hydrogen-bond acceptors (Lipinski definition) is 8. The molecule has 310 valence electrons. The number of piperidine rings is 2. The van der Waals surface area contributed by atoms with Crippen molar-refractivity contribution < 1.29 is 14.4 Å². The fraction of sp³-hybridized carbons (Fsp3) is 0.532. The van der Waals surface area contributed by atoms with Crippen LogP contribution in [0.15, 0.2) is 66.7 Å². The second kappa shape index (κ2) is 16.3. The Hall–Kier alpha value is -4.79. The van der Waals surface area contributed by atoms with Crippen LogP contribution in [0.3, 0.4) is 0 Å². The molecular formula is C47H57ClN8O3. The van der Waals surface area contributed by atoms with E-state index in [1.54, 1.807) is 4.90 Å². The van der Waals surface area contributed by atoms with Gasteiger partial charge in [0.2, 0.25) is 5.91 Å². The van der Waals surface area contributed by atoms with E-state index in [1.807, 2.05) is 42.5 Å². The van der Waals surface area contributed by atoms with E-state index in [-0.39, 0.29) is 23.3 Å². The normalized spacial score (nSPS) is 23.8. The van der Waals surface area contributed by atoms with Crippen LogP contribution in [0.2, 0.25) is 5.02 Å². The Kier molecular flexibility index (Phi) is 11.0. The van der Waals surface area contributed by atoms with Crippen LogP contribution in [0.25, 0.3) is 0 Å². The quantitative estimate of drug-likeness (QED) is 0.273. The first-order valence-electron chi connectivity index (χ1n) is 21.9. The number of hydrogen-bond donors (Lipinski definition) is 1. The maximum atomic E-state index is 13.7. The van der Waals surface area contributed by atoms with Gasteiger partial charge in [-0.15, -0.1) is 0 Å². The number of likely N-dealkylation sites (tertiary alicyclic amines) is 1. The fourth-order valence-corrected chi connectivity index (χ4v) is 11.5. The fourth-order valence-electron chi connectivity index (χ4n) is 11.3. The number of nitriles is 1. The number of nitrogens with zero attached hydrogens (tertiary/aromatic N) is 7. The van der Waals surface area contributed by atoms with Crippen molar-refractivity contribution >= 4 is 52.2 Å². The molecule has 59 heavy (non-hydrogen) atoms. The van der Waals surface area contributed by atoms with Gasteiger partial charge in [0.1, 0.15) is 6.07 Å². The summed E-state index contributed by atoms with van der Waals surface area (Å²) in [6, 6.07) is 25.3. The van der Waals surface area contributed by atoms with E-state index in [4.69, 9.17) is 11.6 Å². The maximum Gasteiger partial charge on any atom is 0.328 e. The molecule has 1 atom stereocenters. The number of benzene rings is 3. The Morgan fingerprint density at radius 2 is 1.32 bits per heavy atom. The van der Waals surface area contributed by atoms with E-state index < -0.39 is 0 Å². The molecular weight excluding hydrogens is 760 g/mol. The van der Waals surface area contributed by atoms with Gasteiger partial charge >= 0.3 is 6.03 Å². The lowest BCUT2D eigenvalue weighted by atomic mass is 9.66. The summed E-state index contributed by atoms with van der Waals surface area (Å²) in [5.41, 5.74) is 6.28. The molecule has 5 aliphatic heterocycles. The summed E-state index contributed by atoms with van der Waals surface area (Å²) in [6.45, 7) is 11.6. The summed E-state index contributed by atoms with van der Waals surface area (Å²) in [4.78, 5) is 51.3. The second-order valence-corrected chi connectivity index (χ2v) is 18.7.